The Kier molecular flexibility index (Phi) is 5.83. The van der Waals surface area contributed by atoms with Crippen molar-refractivity contribution in [2.24, 2.45) is 0 Å². The summed E-state index contributed by atoms with van der Waals surface area (Å²) >= 11 is 6.03. The molecule has 3 N–H and O–H groups in total. The number of halogens is 3. The van der Waals surface area contributed by atoms with E-state index in [0.29, 0.717) is 35.4 Å². The number of carbonyl (C=O) groups excluding carboxylic acids is 1. The molecule has 0 saturated carbocycles. The maximum atomic E-state index is 14.8. The molecule has 2 amide bonds. The van der Waals surface area contributed by atoms with E-state index in [2.05, 4.69) is 15.5 Å². The molecule has 2 unspecified atom stereocenters. The average molecular weight is 451 g/mol. The number of amides is 2. The second-order valence-corrected chi connectivity index (χ2v) is 7.79. The molecule has 0 bridgehead atoms. The van der Waals surface area contributed by atoms with Gasteiger partial charge in [-0.1, -0.05) is 23.8 Å². The lowest BCUT2D eigenvalue weighted by Gasteiger charge is -2.29. The van der Waals surface area contributed by atoms with Gasteiger partial charge in [-0.25, -0.2) is 13.6 Å². The molecule has 7 nitrogen and oxygen atoms in total. The van der Waals surface area contributed by atoms with Gasteiger partial charge in [0.1, 0.15) is 11.0 Å². The fourth-order valence-electron chi connectivity index (χ4n) is 3.86. The van der Waals surface area contributed by atoms with Crippen LogP contribution in [-0.4, -0.2) is 53.5 Å². The summed E-state index contributed by atoms with van der Waals surface area (Å²) < 4.78 is 34.2. The molecule has 0 radical (unpaired) electrons. The number of hydrogen-bond acceptors (Lipinski definition) is 4. The van der Waals surface area contributed by atoms with Crippen LogP contribution in [0.25, 0.3) is 11.1 Å². The van der Waals surface area contributed by atoms with Crippen LogP contribution < -0.4 is 10.2 Å². The van der Waals surface area contributed by atoms with Crippen LogP contribution in [0, 0.1) is 5.82 Å². The summed E-state index contributed by atoms with van der Waals surface area (Å²) in [6.45, 7) is -0.0798. The van der Waals surface area contributed by atoms with Gasteiger partial charge in [0, 0.05) is 31.2 Å². The number of rotatable bonds is 5. The summed E-state index contributed by atoms with van der Waals surface area (Å²) in [4.78, 5) is 14.3. The number of fused-ring (bicyclic) bond motifs is 1. The molecule has 0 fully saturated rings. The minimum absolute atomic E-state index is 0.120. The first-order chi connectivity index (χ1) is 14.8. The Bertz CT molecular complexity index is 1070. The molecule has 31 heavy (non-hydrogen) atoms. The number of aromatic nitrogens is 2. The number of hydrogen-bond donors (Lipinski definition) is 3. The Morgan fingerprint density at radius 2 is 2.29 bits per heavy atom. The van der Waals surface area contributed by atoms with Crippen molar-refractivity contribution in [3.8, 4) is 11.1 Å². The molecule has 10 heteroatoms. The van der Waals surface area contributed by atoms with E-state index in [1.165, 1.54) is 36.4 Å². The van der Waals surface area contributed by atoms with Crippen molar-refractivity contribution in [3.05, 3.63) is 58.7 Å². The quantitative estimate of drug-likeness (QED) is 0.650. The van der Waals surface area contributed by atoms with Crippen LogP contribution in [0.1, 0.15) is 12.0 Å². The van der Waals surface area contributed by atoms with E-state index in [4.69, 9.17) is 16.3 Å². The van der Waals surface area contributed by atoms with Crippen molar-refractivity contribution < 1.29 is 23.4 Å². The number of alkyl halides is 1. The van der Waals surface area contributed by atoms with Crippen molar-refractivity contribution in [1.29, 1.82) is 0 Å². The largest absolute Gasteiger partial charge is 0.394 e. The summed E-state index contributed by atoms with van der Waals surface area (Å²) in [5.74, 6) is -2.53. The van der Waals surface area contributed by atoms with E-state index in [1.54, 1.807) is 12.1 Å². The van der Waals surface area contributed by atoms with Crippen molar-refractivity contribution in [2.75, 3.05) is 25.2 Å². The number of urea groups is 1. The molecule has 0 spiro atoms. The number of ether oxygens (including phenoxy) is 1. The van der Waals surface area contributed by atoms with E-state index in [9.17, 15) is 18.7 Å². The van der Waals surface area contributed by atoms with Gasteiger partial charge >= 0.3 is 6.03 Å². The normalized spacial score (nSPS) is 21.1. The van der Waals surface area contributed by atoms with Gasteiger partial charge in [0.15, 0.2) is 0 Å². The predicted molar refractivity (Wildman–Crippen MR) is 112 cm³/mol. The lowest BCUT2D eigenvalue weighted by atomic mass is 9.95. The molecule has 1 aliphatic carbocycles. The van der Waals surface area contributed by atoms with Crippen LogP contribution in [0.3, 0.4) is 0 Å². The number of allylic oxidation sites excluding steroid dienone is 2. The molecule has 2 heterocycles. The second-order valence-electron chi connectivity index (χ2n) is 7.41. The number of anilines is 1. The third kappa shape index (κ3) is 4.08. The Hall–Kier alpha value is -2.75. The van der Waals surface area contributed by atoms with E-state index < -0.39 is 30.4 Å². The lowest BCUT2D eigenvalue weighted by molar-refractivity contribution is -0.0799. The number of methoxy groups -OCH3 is 1. The Balaban J connectivity index is 1.54. The monoisotopic (exact) mass is 450 g/mol. The van der Waals surface area contributed by atoms with Gasteiger partial charge in [-0.15, -0.1) is 0 Å². The first-order valence-corrected chi connectivity index (χ1v) is 10.1. The molecule has 0 saturated heterocycles. The second kappa shape index (κ2) is 8.41. The number of aliphatic hydroxyl groups excluding tert-OH is 1. The molecule has 2 atom stereocenters. The zero-order chi connectivity index (χ0) is 22.2. The topological polar surface area (TPSA) is 90.5 Å². The first kappa shape index (κ1) is 21.5. The summed E-state index contributed by atoms with van der Waals surface area (Å²) in [5, 5.41) is 19.1. The fraction of sp³-hybridized carbons (Fsp3) is 0.333. The molecule has 1 aromatic carbocycles. The zero-order valence-corrected chi connectivity index (χ0v) is 17.4. The van der Waals surface area contributed by atoms with Crippen LogP contribution in [0.2, 0.25) is 5.15 Å². The van der Waals surface area contributed by atoms with E-state index in [1.807, 2.05) is 0 Å². The highest BCUT2D eigenvalue weighted by Crippen LogP contribution is 2.36. The third-order valence-corrected chi connectivity index (χ3v) is 5.85. The smallest absolute Gasteiger partial charge is 0.322 e. The highest BCUT2D eigenvalue weighted by atomic mass is 35.5. The number of benzene rings is 1. The number of H-pyrrole nitrogens is 1. The molecule has 2 aromatic rings. The Morgan fingerprint density at radius 3 is 2.97 bits per heavy atom. The minimum atomic E-state index is -1.99. The molecule has 164 valence electrons. The van der Waals surface area contributed by atoms with Gasteiger partial charge in [0.2, 0.25) is 5.85 Å². The van der Waals surface area contributed by atoms with E-state index in [0.717, 1.165) is 5.56 Å². The number of carbonyl (C=O) groups is 1. The highest BCUT2D eigenvalue weighted by Gasteiger charge is 2.34. The molecule has 4 rings (SSSR count). The summed E-state index contributed by atoms with van der Waals surface area (Å²) in [5.41, 5.74) is 2.44. The molecular weight excluding hydrogens is 430 g/mol. The highest BCUT2D eigenvalue weighted by molar-refractivity contribution is 6.32. The van der Waals surface area contributed by atoms with Crippen molar-refractivity contribution >= 4 is 23.3 Å². The van der Waals surface area contributed by atoms with Crippen LogP contribution in [0.4, 0.5) is 19.3 Å². The Labute approximate surface area is 182 Å². The summed E-state index contributed by atoms with van der Waals surface area (Å²) in [6, 6.07) is 1.63. The number of aromatic amines is 1. The zero-order valence-electron chi connectivity index (χ0n) is 16.7. The standard InChI is InChI=1S/C21H21ClF2N4O3/c1-31-21(24)5-2-3-13(9-21)17(11-29)26-20(30)28-6-4-12-7-14(16(23)8-18(12)28)15-10-25-27-19(15)22/h2-3,5,7-8,10,17,29H,4,6,9,11H2,1H3,(H,25,27)(H,26,30). The number of aliphatic hydroxyl groups is 1. The van der Waals surface area contributed by atoms with Crippen molar-refractivity contribution in [1.82, 2.24) is 15.5 Å². The van der Waals surface area contributed by atoms with Crippen LogP contribution >= 0.6 is 11.6 Å². The molecule has 1 aromatic heterocycles. The first-order valence-electron chi connectivity index (χ1n) is 9.68. The summed E-state index contributed by atoms with van der Waals surface area (Å²) in [7, 11) is 1.25. The van der Waals surface area contributed by atoms with Gasteiger partial charge in [-0.05, 0) is 35.8 Å². The van der Waals surface area contributed by atoms with Gasteiger partial charge in [-0.3, -0.25) is 10.00 Å². The molecule has 1 aliphatic heterocycles. The number of nitrogens with zero attached hydrogens (tertiary/aromatic N) is 2. The van der Waals surface area contributed by atoms with Crippen molar-refractivity contribution in [3.63, 3.8) is 0 Å². The Morgan fingerprint density at radius 1 is 1.48 bits per heavy atom. The SMILES string of the molecule is COC1(F)C=CC=C(C(CO)NC(=O)N2CCc3cc(-c4cn[nH]c4Cl)c(F)cc32)C1. The lowest BCUT2D eigenvalue weighted by Crippen LogP contribution is -2.47. The van der Waals surface area contributed by atoms with Crippen molar-refractivity contribution in [2.45, 2.75) is 24.7 Å². The average Bonchev–Trinajstić information content (AvgIpc) is 3.37. The van der Waals surface area contributed by atoms with Crippen LogP contribution in [0.15, 0.2) is 42.1 Å². The molecule has 2 aliphatic rings. The fourth-order valence-corrected chi connectivity index (χ4v) is 4.06. The maximum Gasteiger partial charge on any atom is 0.322 e. The molecular formula is C21H21ClF2N4O3. The van der Waals surface area contributed by atoms with Crippen LogP contribution in [-0.2, 0) is 11.2 Å². The van der Waals surface area contributed by atoms with Gasteiger partial charge in [-0.2, -0.15) is 5.10 Å². The van der Waals surface area contributed by atoms with E-state index in [-0.39, 0.29) is 11.6 Å². The predicted octanol–water partition coefficient (Wildman–Crippen LogP) is 3.50. The van der Waals surface area contributed by atoms with Gasteiger partial charge in [0.25, 0.3) is 0 Å². The third-order valence-electron chi connectivity index (χ3n) is 5.56. The summed E-state index contributed by atoms with van der Waals surface area (Å²) in [6.07, 6.45) is 6.24. The van der Waals surface area contributed by atoms with E-state index >= 15 is 0 Å². The van der Waals surface area contributed by atoms with Gasteiger partial charge in [0.05, 0.1) is 24.5 Å². The maximum absolute atomic E-state index is 14.8. The minimum Gasteiger partial charge on any atom is -0.394 e. The van der Waals surface area contributed by atoms with Crippen LogP contribution in [0.5, 0.6) is 0 Å². The van der Waals surface area contributed by atoms with Gasteiger partial charge < -0.3 is 15.2 Å². The number of nitrogens with one attached hydrogen (secondary N) is 2.